The lowest BCUT2D eigenvalue weighted by Gasteiger charge is -2.22. The van der Waals surface area contributed by atoms with Crippen LogP contribution in [0.15, 0.2) is 60.7 Å². The summed E-state index contributed by atoms with van der Waals surface area (Å²) in [6.07, 6.45) is 3.27. The third-order valence-corrected chi connectivity index (χ3v) is 6.04. The first-order valence-electron chi connectivity index (χ1n) is 12.2. The van der Waals surface area contributed by atoms with E-state index in [2.05, 4.69) is 33.0 Å². The van der Waals surface area contributed by atoms with Crippen LogP contribution in [-0.2, 0) is 21.5 Å². The number of hydrogen-bond donors (Lipinski definition) is 1. The van der Waals surface area contributed by atoms with Gasteiger partial charge in [0.2, 0.25) is 11.8 Å². The summed E-state index contributed by atoms with van der Waals surface area (Å²) in [4.78, 5) is 27.8. The van der Waals surface area contributed by atoms with Gasteiger partial charge in [-0.15, -0.1) is 0 Å². The number of amides is 2. The number of halogens is 1. The molecule has 0 spiro atoms. The maximum atomic E-state index is 13.2. The zero-order valence-corrected chi connectivity index (χ0v) is 21.8. The minimum Gasteiger partial charge on any atom is -0.329 e. The number of aromatic nitrogens is 2. The minimum absolute atomic E-state index is 0.0209. The molecule has 0 bridgehead atoms. The molecule has 7 heteroatoms. The predicted molar refractivity (Wildman–Crippen MR) is 142 cm³/mol. The number of nitrogens with one attached hydrogen (secondary N) is 1. The van der Waals surface area contributed by atoms with Gasteiger partial charge >= 0.3 is 0 Å². The Hall–Kier alpha value is -3.12. The summed E-state index contributed by atoms with van der Waals surface area (Å²) in [5.41, 5.74) is 2.27. The number of hydrogen-bond acceptors (Lipinski definition) is 3. The molecule has 0 radical (unpaired) electrons. The molecule has 0 aliphatic rings. The molecule has 0 saturated carbocycles. The van der Waals surface area contributed by atoms with Crippen molar-refractivity contribution in [3.05, 3.63) is 76.9 Å². The molecule has 186 valence electrons. The fourth-order valence-corrected chi connectivity index (χ4v) is 3.94. The summed E-state index contributed by atoms with van der Waals surface area (Å²) in [6, 6.07) is 19.0. The number of rotatable bonds is 10. The summed E-state index contributed by atoms with van der Waals surface area (Å²) in [5, 5.41) is 8.24. The second-order valence-electron chi connectivity index (χ2n) is 9.77. The van der Waals surface area contributed by atoms with E-state index in [1.807, 2.05) is 54.6 Å². The number of carbonyl (C=O) groups excluding carboxylic acids is 2. The summed E-state index contributed by atoms with van der Waals surface area (Å²) in [7, 11) is 0. The first kappa shape index (κ1) is 26.5. The molecule has 3 rings (SSSR count). The lowest BCUT2D eigenvalue weighted by molar-refractivity contribution is -0.135. The van der Waals surface area contributed by atoms with Crippen LogP contribution >= 0.6 is 11.6 Å². The van der Waals surface area contributed by atoms with E-state index in [9.17, 15) is 9.59 Å². The van der Waals surface area contributed by atoms with Crippen molar-refractivity contribution in [1.82, 2.24) is 14.7 Å². The quantitative estimate of drug-likeness (QED) is 0.333. The molecule has 0 atom stereocenters. The van der Waals surface area contributed by atoms with E-state index >= 15 is 0 Å². The molecular weight excluding hydrogens is 460 g/mol. The van der Waals surface area contributed by atoms with Gasteiger partial charge in [-0.25, -0.2) is 4.68 Å². The number of nitrogens with zero attached hydrogens (tertiary/aromatic N) is 3. The van der Waals surface area contributed by atoms with E-state index in [0.717, 1.165) is 30.5 Å². The van der Waals surface area contributed by atoms with Crippen LogP contribution in [0.1, 0.15) is 64.6 Å². The average molecular weight is 495 g/mol. The second kappa shape index (κ2) is 12.0. The van der Waals surface area contributed by atoms with Crippen molar-refractivity contribution >= 4 is 29.2 Å². The van der Waals surface area contributed by atoms with Crippen LogP contribution in [0.3, 0.4) is 0 Å². The molecule has 0 fully saturated rings. The van der Waals surface area contributed by atoms with Crippen LogP contribution in [0.5, 0.6) is 0 Å². The number of carbonyl (C=O) groups is 2. The van der Waals surface area contributed by atoms with Crippen molar-refractivity contribution in [2.24, 2.45) is 0 Å². The van der Waals surface area contributed by atoms with Crippen molar-refractivity contribution < 1.29 is 9.59 Å². The topological polar surface area (TPSA) is 67.2 Å². The van der Waals surface area contributed by atoms with Crippen LogP contribution in [0, 0.1) is 0 Å². The van der Waals surface area contributed by atoms with E-state index in [1.54, 1.807) is 15.6 Å². The maximum absolute atomic E-state index is 13.2. The van der Waals surface area contributed by atoms with E-state index in [0.29, 0.717) is 29.5 Å². The molecule has 0 aliphatic carbocycles. The van der Waals surface area contributed by atoms with Gasteiger partial charge in [-0.1, -0.05) is 94.6 Å². The third-order valence-electron chi connectivity index (χ3n) is 5.72. The Balaban J connectivity index is 1.83. The van der Waals surface area contributed by atoms with Gasteiger partial charge < -0.3 is 10.2 Å². The predicted octanol–water partition coefficient (Wildman–Crippen LogP) is 6.37. The summed E-state index contributed by atoms with van der Waals surface area (Å²) >= 11 is 6.44. The first-order chi connectivity index (χ1) is 16.7. The van der Waals surface area contributed by atoms with Gasteiger partial charge in [0.25, 0.3) is 0 Å². The fourth-order valence-electron chi connectivity index (χ4n) is 3.72. The highest BCUT2D eigenvalue weighted by atomic mass is 35.5. The molecule has 6 nitrogen and oxygen atoms in total. The molecule has 2 amide bonds. The van der Waals surface area contributed by atoms with E-state index in [-0.39, 0.29) is 23.8 Å². The molecule has 1 aromatic heterocycles. The molecular formula is C28H35ClN4O2. The summed E-state index contributed by atoms with van der Waals surface area (Å²) in [5.74, 6) is 0.219. The van der Waals surface area contributed by atoms with E-state index in [4.69, 9.17) is 16.7 Å². The molecule has 0 unspecified atom stereocenters. The Bertz CT molecular complexity index is 1140. The van der Waals surface area contributed by atoms with Crippen molar-refractivity contribution in [3.8, 4) is 5.69 Å². The minimum atomic E-state index is -0.279. The standard InChI is InChI=1S/C28H35ClN4O2/c1-5-6-8-17-27(35)32(19-21-13-9-7-10-14-21)20-26(34)30-25-18-24(28(2,3)4)31-33(25)23-16-12-11-15-22(23)29/h7,9-16,18H,5-6,8,17,19-20H2,1-4H3,(H,30,34). The number of para-hydroxylation sites is 1. The van der Waals surface area contributed by atoms with Crippen molar-refractivity contribution in [2.45, 2.75) is 65.3 Å². The number of anilines is 1. The monoisotopic (exact) mass is 494 g/mol. The molecule has 1 N–H and O–H groups in total. The zero-order valence-electron chi connectivity index (χ0n) is 21.1. The van der Waals surface area contributed by atoms with Crippen LogP contribution < -0.4 is 5.32 Å². The lowest BCUT2D eigenvalue weighted by Crippen LogP contribution is -2.37. The first-order valence-corrected chi connectivity index (χ1v) is 12.5. The fraction of sp³-hybridized carbons (Fsp3) is 0.393. The molecule has 0 saturated heterocycles. The lowest BCUT2D eigenvalue weighted by atomic mass is 9.92. The molecule has 35 heavy (non-hydrogen) atoms. The van der Waals surface area contributed by atoms with Gasteiger partial charge in [-0.3, -0.25) is 9.59 Å². The molecule has 1 heterocycles. The largest absolute Gasteiger partial charge is 0.329 e. The Morgan fingerprint density at radius 3 is 2.37 bits per heavy atom. The normalized spacial score (nSPS) is 11.3. The molecule has 2 aromatic carbocycles. The van der Waals surface area contributed by atoms with Gasteiger partial charge in [0.05, 0.1) is 16.4 Å². The van der Waals surface area contributed by atoms with E-state index in [1.165, 1.54) is 0 Å². The van der Waals surface area contributed by atoms with Gasteiger partial charge in [-0.2, -0.15) is 5.10 Å². The summed E-state index contributed by atoms with van der Waals surface area (Å²) in [6.45, 7) is 8.64. The molecule has 0 aliphatic heterocycles. The number of benzene rings is 2. The Kier molecular flexibility index (Phi) is 9.10. The van der Waals surface area contributed by atoms with Gasteiger partial charge in [0, 0.05) is 24.4 Å². The highest BCUT2D eigenvalue weighted by molar-refractivity contribution is 6.32. The molecule has 3 aromatic rings. The zero-order chi connectivity index (χ0) is 25.4. The second-order valence-corrected chi connectivity index (χ2v) is 10.2. The third kappa shape index (κ3) is 7.43. The maximum Gasteiger partial charge on any atom is 0.245 e. The van der Waals surface area contributed by atoms with Crippen LogP contribution in [-0.4, -0.2) is 33.0 Å². The van der Waals surface area contributed by atoms with Crippen molar-refractivity contribution in [3.63, 3.8) is 0 Å². The Morgan fingerprint density at radius 2 is 1.71 bits per heavy atom. The van der Waals surface area contributed by atoms with Crippen LogP contribution in [0.2, 0.25) is 5.02 Å². The average Bonchev–Trinajstić information content (AvgIpc) is 3.23. The highest BCUT2D eigenvalue weighted by Crippen LogP contribution is 2.29. The Morgan fingerprint density at radius 1 is 1.03 bits per heavy atom. The van der Waals surface area contributed by atoms with E-state index < -0.39 is 0 Å². The van der Waals surface area contributed by atoms with Crippen LogP contribution in [0.25, 0.3) is 5.69 Å². The smallest absolute Gasteiger partial charge is 0.245 e. The summed E-state index contributed by atoms with van der Waals surface area (Å²) < 4.78 is 1.66. The van der Waals surface area contributed by atoms with Gasteiger partial charge in [0.1, 0.15) is 12.4 Å². The van der Waals surface area contributed by atoms with Gasteiger partial charge in [-0.05, 0) is 24.1 Å². The van der Waals surface area contributed by atoms with Crippen molar-refractivity contribution in [1.29, 1.82) is 0 Å². The van der Waals surface area contributed by atoms with Gasteiger partial charge in [0.15, 0.2) is 0 Å². The Labute approximate surface area is 213 Å². The SMILES string of the molecule is CCCCCC(=O)N(CC(=O)Nc1cc(C(C)(C)C)nn1-c1ccccc1Cl)Cc1ccccc1. The number of unbranched alkanes of at least 4 members (excludes halogenated alkanes) is 2. The van der Waals surface area contributed by atoms with Crippen LogP contribution in [0.4, 0.5) is 5.82 Å². The van der Waals surface area contributed by atoms with Crippen molar-refractivity contribution in [2.75, 3.05) is 11.9 Å². The highest BCUT2D eigenvalue weighted by Gasteiger charge is 2.23.